The summed E-state index contributed by atoms with van der Waals surface area (Å²) >= 11 is 1.68. The molecule has 7 heteroatoms. The Morgan fingerprint density at radius 3 is 3.16 bits per heavy atom. The number of anilines is 1. The smallest absolute Gasteiger partial charge is 0.228 e. The fourth-order valence-electron chi connectivity index (χ4n) is 3.85. The highest BCUT2D eigenvalue weighted by Crippen LogP contribution is 2.34. The van der Waals surface area contributed by atoms with Crippen LogP contribution in [0.4, 0.5) is 5.69 Å². The monoisotopic (exact) mass is 358 g/mol. The summed E-state index contributed by atoms with van der Waals surface area (Å²) in [6.45, 7) is 3.41. The van der Waals surface area contributed by atoms with E-state index in [0.29, 0.717) is 6.61 Å². The highest BCUT2D eigenvalue weighted by Gasteiger charge is 2.41. The lowest BCUT2D eigenvalue weighted by Gasteiger charge is -2.44. The molecule has 0 radical (unpaired) electrons. The third kappa shape index (κ3) is 3.89. The summed E-state index contributed by atoms with van der Waals surface area (Å²) in [4.78, 5) is 23.7. The molecule has 2 aromatic heterocycles. The van der Waals surface area contributed by atoms with E-state index >= 15 is 0 Å². The summed E-state index contributed by atoms with van der Waals surface area (Å²) in [5.41, 5.74) is 0.756. The quantitative estimate of drug-likeness (QED) is 0.909. The standard InChI is InChI=1S/C18H22N4O2S/c23-18(21-13-2-1-5-19-10-13)14-4-8-24-16-3-7-22(11-15(14)16)12-17-20-6-9-25-17/h1-2,5-6,9-10,14-16H,3-4,7-8,11-12H2,(H,21,23)/t14-,15+,16-/m1/s1. The highest BCUT2D eigenvalue weighted by atomic mass is 32.1. The molecule has 6 nitrogen and oxygen atoms in total. The number of nitrogens with one attached hydrogen (secondary N) is 1. The van der Waals surface area contributed by atoms with Crippen molar-refractivity contribution in [3.63, 3.8) is 0 Å². The number of pyridine rings is 1. The van der Waals surface area contributed by atoms with Crippen LogP contribution in [0.3, 0.4) is 0 Å². The van der Waals surface area contributed by atoms with Gasteiger partial charge < -0.3 is 10.1 Å². The second-order valence-corrected chi connectivity index (χ2v) is 7.63. The Morgan fingerprint density at radius 2 is 2.36 bits per heavy atom. The van der Waals surface area contributed by atoms with Crippen molar-refractivity contribution in [1.29, 1.82) is 0 Å². The first-order valence-electron chi connectivity index (χ1n) is 8.73. The Balaban J connectivity index is 1.43. The normalized spacial score (nSPS) is 26.8. The Morgan fingerprint density at radius 1 is 1.40 bits per heavy atom. The number of amides is 1. The lowest BCUT2D eigenvalue weighted by molar-refractivity contribution is -0.137. The molecule has 2 fully saturated rings. The minimum absolute atomic E-state index is 0.0157. The van der Waals surface area contributed by atoms with Crippen LogP contribution in [-0.4, -0.2) is 46.6 Å². The van der Waals surface area contributed by atoms with Gasteiger partial charge in [-0.1, -0.05) is 0 Å². The molecule has 2 aromatic rings. The van der Waals surface area contributed by atoms with Crippen molar-refractivity contribution >= 4 is 22.9 Å². The number of carbonyl (C=O) groups is 1. The van der Waals surface area contributed by atoms with E-state index in [0.717, 1.165) is 43.2 Å². The third-order valence-corrected chi connectivity index (χ3v) is 5.83. The number of rotatable bonds is 4. The maximum Gasteiger partial charge on any atom is 0.228 e. The van der Waals surface area contributed by atoms with E-state index in [4.69, 9.17) is 4.74 Å². The van der Waals surface area contributed by atoms with E-state index in [9.17, 15) is 4.79 Å². The summed E-state index contributed by atoms with van der Waals surface area (Å²) in [6, 6.07) is 3.70. The number of carbonyl (C=O) groups excluding carboxylic acids is 1. The van der Waals surface area contributed by atoms with Gasteiger partial charge in [-0.2, -0.15) is 0 Å². The number of hydrogen-bond donors (Lipinski definition) is 1. The summed E-state index contributed by atoms with van der Waals surface area (Å²) in [6.07, 6.45) is 7.18. The van der Waals surface area contributed by atoms with Gasteiger partial charge in [-0.3, -0.25) is 14.7 Å². The molecule has 4 rings (SSSR count). The number of nitrogens with zero attached hydrogens (tertiary/aromatic N) is 3. The van der Waals surface area contributed by atoms with Crippen LogP contribution in [0.2, 0.25) is 0 Å². The predicted octanol–water partition coefficient (Wildman–Crippen LogP) is 2.40. The molecule has 0 aromatic carbocycles. The van der Waals surface area contributed by atoms with E-state index in [1.54, 1.807) is 23.7 Å². The minimum atomic E-state index is -0.0157. The maximum atomic E-state index is 12.8. The minimum Gasteiger partial charge on any atom is -0.378 e. The van der Waals surface area contributed by atoms with Gasteiger partial charge in [0.15, 0.2) is 0 Å². The average Bonchev–Trinajstić information content (AvgIpc) is 3.15. The van der Waals surface area contributed by atoms with Gasteiger partial charge in [0, 0.05) is 49.3 Å². The summed E-state index contributed by atoms with van der Waals surface area (Å²) in [7, 11) is 0. The zero-order valence-electron chi connectivity index (χ0n) is 14.0. The van der Waals surface area contributed by atoms with Crippen molar-refractivity contribution in [1.82, 2.24) is 14.9 Å². The molecular formula is C18H22N4O2S. The number of likely N-dealkylation sites (tertiary alicyclic amines) is 1. The molecule has 1 N–H and O–H groups in total. The Bertz CT molecular complexity index is 694. The van der Waals surface area contributed by atoms with Crippen molar-refractivity contribution in [3.05, 3.63) is 41.1 Å². The molecule has 2 aliphatic rings. The predicted molar refractivity (Wildman–Crippen MR) is 96.2 cm³/mol. The molecule has 3 atom stereocenters. The first-order chi connectivity index (χ1) is 12.3. The van der Waals surface area contributed by atoms with Crippen LogP contribution in [0, 0.1) is 11.8 Å². The van der Waals surface area contributed by atoms with Gasteiger partial charge in [0.2, 0.25) is 5.91 Å². The summed E-state index contributed by atoms with van der Waals surface area (Å²) < 4.78 is 5.96. The van der Waals surface area contributed by atoms with Crippen LogP contribution in [0.5, 0.6) is 0 Å². The Hall–Kier alpha value is -1.83. The number of piperidine rings is 1. The SMILES string of the molecule is O=C(Nc1cccnc1)[C@@H]1CCO[C@@H]2CCN(Cc3nccs3)C[C@H]21. The van der Waals surface area contributed by atoms with Crippen molar-refractivity contribution in [3.8, 4) is 0 Å². The van der Waals surface area contributed by atoms with Crippen molar-refractivity contribution in [2.45, 2.75) is 25.5 Å². The molecule has 0 unspecified atom stereocenters. The van der Waals surface area contributed by atoms with Crippen LogP contribution in [0.25, 0.3) is 0 Å². The molecule has 25 heavy (non-hydrogen) atoms. The molecule has 0 saturated carbocycles. The molecule has 0 bridgehead atoms. The molecule has 0 spiro atoms. The second kappa shape index (κ2) is 7.59. The number of thiazole rings is 1. The van der Waals surface area contributed by atoms with Crippen molar-refractivity contribution < 1.29 is 9.53 Å². The zero-order chi connectivity index (χ0) is 17.1. The number of hydrogen-bond acceptors (Lipinski definition) is 6. The van der Waals surface area contributed by atoms with Gasteiger partial charge in [-0.25, -0.2) is 4.98 Å². The van der Waals surface area contributed by atoms with Gasteiger partial charge >= 0.3 is 0 Å². The third-order valence-electron chi connectivity index (χ3n) is 5.06. The fraction of sp³-hybridized carbons (Fsp3) is 0.500. The Labute approximate surface area is 151 Å². The first-order valence-corrected chi connectivity index (χ1v) is 9.61. The molecule has 2 saturated heterocycles. The molecule has 4 heterocycles. The van der Waals surface area contributed by atoms with Crippen LogP contribution in [0.1, 0.15) is 17.8 Å². The molecule has 132 valence electrons. The van der Waals surface area contributed by atoms with Crippen molar-refractivity contribution in [2.24, 2.45) is 11.8 Å². The number of aromatic nitrogens is 2. The second-order valence-electron chi connectivity index (χ2n) is 6.65. The molecule has 2 aliphatic heterocycles. The lowest BCUT2D eigenvalue weighted by atomic mass is 9.79. The van der Waals surface area contributed by atoms with E-state index in [-0.39, 0.29) is 23.8 Å². The van der Waals surface area contributed by atoms with E-state index in [1.165, 1.54) is 0 Å². The molecular weight excluding hydrogens is 336 g/mol. The highest BCUT2D eigenvalue weighted by molar-refractivity contribution is 7.09. The van der Waals surface area contributed by atoms with E-state index in [2.05, 4.69) is 20.2 Å². The van der Waals surface area contributed by atoms with Crippen LogP contribution in [-0.2, 0) is 16.1 Å². The van der Waals surface area contributed by atoms with Gasteiger partial charge in [0.05, 0.1) is 24.5 Å². The van der Waals surface area contributed by atoms with E-state index in [1.807, 2.05) is 23.7 Å². The zero-order valence-corrected chi connectivity index (χ0v) is 14.8. The molecule has 1 amide bonds. The lowest BCUT2D eigenvalue weighted by Crippen LogP contribution is -2.52. The van der Waals surface area contributed by atoms with Crippen LogP contribution >= 0.6 is 11.3 Å². The van der Waals surface area contributed by atoms with Crippen LogP contribution in [0.15, 0.2) is 36.1 Å². The van der Waals surface area contributed by atoms with Crippen molar-refractivity contribution in [2.75, 3.05) is 25.0 Å². The largest absolute Gasteiger partial charge is 0.378 e. The maximum absolute atomic E-state index is 12.8. The number of ether oxygens (including phenoxy) is 1. The average molecular weight is 358 g/mol. The Kier molecular flexibility index (Phi) is 5.05. The van der Waals surface area contributed by atoms with Gasteiger partial charge in [-0.05, 0) is 25.0 Å². The van der Waals surface area contributed by atoms with Gasteiger partial charge in [0.1, 0.15) is 5.01 Å². The van der Waals surface area contributed by atoms with Crippen LogP contribution < -0.4 is 5.32 Å². The van der Waals surface area contributed by atoms with Gasteiger partial charge in [-0.15, -0.1) is 11.3 Å². The number of fused-ring (bicyclic) bond motifs is 1. The summed E-state index contributed by atoms with van der Waals surface area (Å²) in [5.74, 6) is 0.305. The molecule has 0 aliphatic carbocycles. The van der Waals surface area contributed by atoms with Gasteiger partial charge in [0.25, 0.3) is 0 Å². The summed E-state index contributed by atoms with van der Waals surface area (Å²) in [5, 5.41) is 6.16. The topological polar surface area (TPSA) is 67.3 Å². The fourth-order valence-corrected chi connectivity index (χ4v) is 4.51. The van der Waals surface area contributed by atoms with E-state index < -0.39 is 0 Å². The first kappa shape index (κ1) is 16.6.